The lowest BCUT2D eigenvalue weighted by atomic mass is 10.2. The number of thioether (sulfide) groups is 1. The molecular weight excluding hydrogens is 506 g/mol. The van der Waals surface area contributed by atoms with Gasteiger partial charge in [0, 0.05) is 39.9 Å². The van der Waals surface area contributed by atoms with Crippen LogP contribution in [0.3, 0.4) is 0 Å². The molecule has 0 saturated carbocycles. The SMILES string of the molecule is COc1ccc(NC(=O)CSc2nnc(-c3ccncc3)n2-c2ccc(Br)cc2)cc1OC. The molecule has 0 saturated heterocycles. The third-order valence-electron chi connectivity index (χ3n) is 4.66. The zero-order valence-corrected chi connectivity index (χ0v) is 20.3. The summed E-state index contributed by atoms with van der Waals surface area (Å²) in [5.74, 6) is 1.78. The van der Waals surface area contributed by atoms with Gasteiger partial charge in [0.1, 0.15) is 0 Å². The van der Waals surface area contributed by atoms with Crippen LogP contribution >= 0.6 is 27.7 Å². The molecule has 0 atom stereocenters. The highest BCUT2D eigenvalue weighted by Gasteiger charge is 2.17. The highest BCUT2D eigenvalue weighted by atomic mass is 79.9. The number of carbonyl (C=O) groups is 1. The number of ether oxygens (including phenoxy) is 2. The van der Waals surface area contributed by atoms with Crippen molar-refractivity contribution in [1.82, 2.24) is 19.7 Å². The lowest BCUT2D eigenvalue weighted by molar-refractivity contribution is -0.113. The van der Waals surface area contributed by atoms with Gasteiger partial charge in [-0.3, -0.25) is 14.3 Å². The molecule has 1 N–H and O–H groups in total. The Morgan fingerprint density at radius 2 is 1.73 bits per heavy atom. The number of pyridine rings is 1. The summed E-state index contributed by atoms with van der Waals surface area (Å²) in [4.78, 5) is 16.7. The van der Waals surface area contributed by atoms with Crippen LogP contribution in [0.5, 0.6) is 11.5 Å². The summed E-state index contributed by atoms with van der Waals surface area (Å²) in [6.07, 6.45) is 3.42. The Hall–Kier alpha value is -3.37. The van der Waals surface area contributed by atoms with Crippen molar-refractivity contribution in [2.75, 3.05) is 25.3 Å². The van der Waals surface area contributed by atoms with Crippen LogP contribution in [0.4, 0.5) is 5.69 Å². The van der Waals surface area contributed by atoms with Crippen LogP contribution in [0.1, 0.15) is 0 Å². The van der Waals surface area contributed by atoms with Crippen molar-refractivity contribution >= 4 is 39.3 Å². The van der Waals surface area contributed by atoms with Crippen LogP contribution in [0, 0.1) is 0 Å². The Kier molecular flexibility index (Phi) is 7.26. The lowest BCUT2D eigenvalue weighted by Crippen LogP contribution is -2.14. The minimum Gasteiger partial charge on any atom is -0.493 e. The van der Waals surface area contributed by atoms with Crippen LogP contribution in [0.25, 0.3) is 17.1 Å². The molecular formula is C23H20BrN5O3S. The summed E-state index contributed by atoms with van der Waals surface area (Å²) in [6, 6.07) is 16.8. The minimum absolute atomic E-state index is 0.152. The molecule has 2 heterocycles. The first-order chi connectivity index (χ1) is 16.1. The second-order valence-electron chi connectivity index (χ2n) is 6.76. The number of benzene rings is 2. The number of nitrogens with one attached hydrogen (secondary N) is 1. The van der Waals surface area contributed by atoms with Crippen LogP contribution in [-0.2, 0) is 4.79 Å². The van der Waals surface area contributed by atoms with Crippen molar-refractivity contribution in [3.63, 3.8) is 0 Å². The number of halogens is 1. The van der Waals surface area contributed by atoms with E-state index in [1.54, 1.807) is 44.8 Å². The Balaban J connectivity index is 1.55. The number of methoxy groups -OCH3 is 2. The highest BCUT2D eigenvalue weighted by Crippen LogP contribution is 2.31. The zero-order chi connectivity index (χ0) is 23.2. The van der Waals surface area contributed by atoms with Gasteiger partial charge in [-0.15, -0.1) is 10.2 Å². The maximum Gasteiger partial charge on any atom is 0.234 e. The Labute approximate surface area is 203 Å². The normalized spacial score (nSPS) is 10.6. The van der Waals surface area contributed by atoms with E-state index in [-0.39, 0.29) is 11.7 Å². The Morgan fingerprint density at radius 1 is 1.00 bits per heavy atom. The van der Waals surface area contributed by atoms with E-state index in [1.165, 1.54) is 11.8 Å². The molecule has 33 heavy (non-hydrogen) atoms. The van der Waals surface area contributed by atoms with Gasteiger partial charge < -0.3 is 14.8 Å². The predicted molar refractivity (Wildman–Crippen MR) is 131 cm³/mol. The highest BCUT2D eigenvalue weighted by molar-refractivity contribution is 9.10. The molecule has 0 radical (unpaired) electrons. The molecule has 0 spiro atoms. The second kappa shape index (κ2) is 10.5. The summed E-state index contributed by atoms with van der Waals surface area (Å²) in [6.45, 7) is 0. The predicted octanol–water partition coefficient (Wildman–Crippen LogP) is 4.84. The fourth-order valence-electron chi connectivity index (χ4n) is 3.12. The third kappa shape index (κ3) is 5.35. The topological polar surface area (TPSA) is 91.2 Å². The van der Waals surface area contributed by atoms with E-state index < -0.39 is 0 Å². The molecule has 8 nitrogen and oxygen atoms in total. The second-order valence-corrected chi connectivity index (χ2v) is 8.62. The van der Waals surface area contributed by atoms with E-state index >= 15 is 0 Å². The Bertz CT molecular complexity index is 1250. The molecule has 0 unspecified atom stereocenters. The number of amides is 1. The maximum atomic E-state index is 12.6. The number of carbonyl (C=O) groups excluding carboxylic acids is 1. The van der Waals surface area contributed by atoms with Crippen molar-refractivity contribution in [3.05, 3.63) is 71.5 Å². The third-order valence-corrected chi connectivity index (χ3v) is 6.11. The quantitative estimate of drug-likeness (QED) is 0.329. The molecule has 10 heteroatoms. The van der Waals surface area contributed by atoms with Crippen LogP contribution in [0.2, 0.25) is 0 Å². The monoisotopic (exact) mass is 525 g/mol. The van der Waals surface area contributed by atoms with Crippen molar-refractivity contribution < 1.29 is 14.3 Å². The van der Waals surface area contributed by atoms with E-state index in [0.29, 0.717) is 28.2 Å². The molecule has 0 aliphatic heterocycles. The number of hydrogen-bond acceptors (Lipinski definition) is 7. The number of aromatic nitrogens is 4. The summed E-state index contributed by atoms with van der Waals surface area (Å²) in [7, 11) is 3.11. The molecule has 168 valence electrons. The molecule has 0 bridgehead atoms. The smallest absolute Gasteiger partial charge is 0.234 e. The van der Waals surface area contributed by atoms with Crippen molar-refractivity contribution in [2.45, 2.75) is 5.16 Å². The lowest BCUT2D eigenvalue weighted by Gasteiger charge is -2.12. The Morgan fingerprint density at radius 3 is 2.42 bits per heavy atom. The summed E-state index contributed by atoms with van der Waals surface area (Å²) < 4.78 is 13.4. The fraction of sp³-hybridized carbons (Fsp3) is 0.130. The average molecular weight is 526 g/mol. The molecule has 1 amide bonds. The van der Waals surface area contributed by atoms with Gasteiger partial charge in [-0.2, -0.15) is 0 Å². The van der Waals surface area contributed by atoms with Crippen molar-refractivity contribution in [2.24, 2.45) is 0 Å². The number of nitrogens with zero attached hydrogens (tertiary/aromatic N) is 4. The van der Waals surface area contributed by atoms with Crippen LogP contribution < -0.4 is 14.8 Å². The fourth-order valence-corrected chi connectivity index (χ4v) is 4.13. The average Bonchev–Trinajstić information content (AvgIpc) is 3.27. The molecule has 2 aromatic heterocycles. The first-order valence-corrected chi connectivity index (χ1v) is 11.6. The first kappa shape index (κ1) is 22.8. The number of rotatable bonds is 8. The number of anilines is 1. The van der Waals surface area contributed by atoms with E-state index in [9.17, 15) is 4.79 Å². The standard InChI is InChI=1S/C23H20BrN5O3S/c1-31-19-8-5-17(13-20(19)32-2)26-21(30)14-33-23-28-27-22(15-9-11-25-12-10-15)29(23)18-6-3-16(24)4-7-18/h3-13H,14H2,1-2H3,(H,26,30). The van der Waals surface area contributed by atoms with Gasteiger partial charge >= 0.3 is 0 Å². The van der Waals surface area contributed by atoms with E-state index in [4.69, 9.17) is 9.47 Å². The largest absolute Gasteiger partial charge is 0.493 e. The summed E-state index contributed by atoms with van der Waals surface area (Å²) in [5.41, 5.74) is 2.38. The van der Waals surface area contributed by atoms with Gasteiger partial charge in [0.25, 0.3) is 0 Å². The van der Waals surface area contributed by atoms with Crippen LogP contribution in [0.15, 0.2) is 76.6 Å². The van der Waals surface area contributed by atoms with Gasteiger partial charge in [-0.05, 0) is 48.5 Å². The molecule has 4 rings (SSSR count). The summed E-state index contributed by atoms with van der Waals surface area (Å²) >= 11 is 4.77. The first-order valence-electron chi connectivity index (χ1n) is 9.85. The molecule has 0 fully saturated rings. The van der Waals surface area contributed by atoms with Crippen LogP contribution in [-0.4, -0.2) is 45.6 Å². The van der Waals surface area contributed by atoms with Crippen molar-refractivity contribution in [3.8, 4) is 28.6 Å². The number of hydrogen-bond donors (Lipinski definition) is 1. The van der Waals surface area contributed by atoms with Gasteiger partial charge in [-0.1, -0.05) is 27.7 Å². The van der Waals surface area contributed by atoms with Gasteiger partial charge in [0.15, 0.2) is 22.5 Å². The molecule has 0 aliphatic carbocycles. The molecule has 2 aromatic carbocycles. The zero-order valence-electron chi connectivity index (χ0n) is 17.9. The molecule has 4 aromatic rings. The maximum absolute atomic E-state index is 12.6. The van der Waals surface area contributed by atoms with E-state index in [2.05, 4.69) is 36.4 Å². The van der Waals surface area contributed by atoms with E-state index in [0.717, 1.165) is 15.7 Å². The van der Waals surface area contributed by atoms with Gasteiger partial charge in [0.2, 0.25) is 5.91 Å². The minimum atomic E-state index is -0.178. The van der Waals surface area contributed by atoms with Gasteiger partial charge in [0.05, 0.1) is 20.0 Å². The van der Waals surface area contributed by atoms with Gasteiger partial charge in [-0.25, -0.2) is 0 Å². The summed E-state index contributed by atoms with van der Waals surface area (Å²) in [5, 5.41) is 12.2. The van der Waals surface area contributed by atoms with E-state index in [1.807, 2.05) is 41.0 Å². The molecule has 0 aliphatic rings. The van der Waals surface area contributed by atoms with Crippen molar-refractivity contribution in [1.29, 1.82) is 0 Å².